The molecule has 0 fully saturated rings. The molecule has 0 aliphatic rings. The molecule has 0 saturated heterocycles. The van der Waals surface area contributed by atoms with Crippen LogP contribution in [0.2, 0.25) is 0 Å². The smallest absolute Gasteiger partial charge is 0.0654 e. The van der Waals surface area contributed by atoms with Gasteiger partial charge in [0, 0.05) is 0 Å². The summed E-state index contributed by atoms with van der Waals surface area (Å²) in [7, 11) is -3.98. The Hall–Kier alpha value is -5.12. The minimum atomic E-state index is -1.99. The number of rotatable bonds is 24. The fourth-order valence-electron chi connectivity index (χ4n) is 9.61. The molecule has 7 aromatic rings. The molecule has 0 bridgehead atoms. The first kappa shape index (κ1) is 46.9. The lowest BCUT2D eigenvalue weighted by Crippen LogP contribution is -2.32. The first-order valence-electron chi connectivity index (χ1n) is 24.3. The van der Waals surface area contributed by atoms with Crippen molar-refractivity contribution in [3.8, 4) is 0 Å². The van der Waals surface area contributed by atoms with E-state index in [2.05, 4.69) is 232 Å². The van der Waals surface area contributed by atoms with E-state index >= 15 is 0 Å². The van der Waals surface area contributed by atoms with E-state index in [0.717, 1.165) is 25.2 Å². The fourth-order valence-corrected chi connectivity index (χ4v) is 17.6. The molecule has 7 rings (SSSR count). The summed E-state index contributed by atoms with van der Waals surface area (Å²) in [5, 5.41) is 8.59. The lowest BCUT2D eigenvalue weighted by molar-refractivity contribution is 0.629. The Bertz CT molecular complexity index is 2070. The van der Waals surface area contributed by atoms with Gasteiger partial charge in [-0.1, -0.05) is 199 Å². The van der Waals surface area contributed by atoms with E-state index in [1.807, 2.05) is 0 Å². The quantitative estimate of drug-likeness (QED) is 0.0419. The van der Waals surface area contributed by atoms with E-state index in [1.165, 1.54) is 118 Å². The first-order valence-corrected chi connectivity index (χ1v) is 28.2. The van der Waals surface area contributed by atoms with Crippen molar-refractivity contribution in [2.75, 3.05) is 12.3 Å². The zero-order valence-corrected chi connectivity index (χ0v) is 40.4. The van der Waals surface area contributed by atoms with Crippen LogP contribution in [0.1, 0.15) is 100 Å². The molecule has 0 unspecified atom stereocenters. The SMILES string of the molecule is CCCCCCCc1cc(/C=C\C[P+](c2ccccc2)(c2ccccc2)c2ccccc2)c(CCCCCCC)cc1/C=C\C[P+](c1ccccc1)(c1ccccc1)c1ccccc1. The maximum atomic E-state index is 2.60. The number of aryl methyl sites for hydroxylation is 2. The predicted molar refractivity (Wildman–Crippen MR) is 289 cm³/mol. The second kappa shape index (κ2) is 24.8. The van der Waals surface area contributed by atoms with Gasteiger partial charge in [-0.15, -0.1) is 0 Å². The Morgan fingerprint density at radius 3 is 0.812 bits per heavy atom. The molecular formula is C62H70P2+2. The van der Waals surface area contributed by atoms with Gasteiger partial charge < -0.3 is 0 Å². The van der Waals surface area contributed by atoms with Crippen LogP contribution in [-0.2, 0) is 12.8 Å². The third-order valence-corrected chi connectivity index (χ3v) is 21.6. The van der Waals surface area contributed by atoms with Crippen LogP contribution in [0.25, 0.3) is 12.2 Å². The topological polar surface area (TPSA) is 0 Å². The second-order valence-electron chi connectivity index (χ2n) is 17.4. The molecule has 0 saturated carbocycles. The average Bonchev–Trinajstić information content (AvgIpc) is 3.36. The summed E-state index contributed by atoms with van der Waals surface area (Å²) in [5.41, 5.74) is 5.78. The molecular weight excluding hydrogens is 807 g/mol. The number of benzene rings is 7. The van der Waals surface area contributed by atoms with Crippen LogP contribution in [0.5, 0.6) is 0 Å². The minimum absolute atomic E-state index is 0.971. The van der Waals surface area contributed by atoms with Crippen molar-refractivity contribution in [1.82, 2.24) is 0 Å². The first-order chi connectivity index (χ1) is 31.7. The average molecular weight is 877 g/mol. The van der Waals surface area contributed by atoms with Crippen LogP contribution in [0.3, 0.4) is 0 Å². The summed E-state index contributed by atoms with van der Waals surface area (Å²) in [6.45, 7) is 4.63. The molecule has 0 aliphatic carbocycles. The van der Waals surface area contributed by atoms with Gasteiger partial charge in [-0.2, -0.15) is 0 Å². The molecule has 2 heteroatoms. The Morgan fingerprint density at radius 2 is 0.562 bits per heavy atom. The highest BCUT2D eigenvalue weighted by molar-refractivity contribution is 7.96. The molecule has 0 nitrogen and oxygen atoms in total. The van der Waals surface area contributed by atoms with E-state index in [1.54, 1.807) is 0 Å². The van der Waals surface area contributed by atoms with E-state index in [9.17, 15) is 0 Å². The molecule has 7 aromatic carbocycles. The van der Waals surface area contributed by atoms with Gasteiger partial charge in [0.05, 0.1) is 12.3 Å². The Morgan fingerprint density at radius 1 is 0.312 bits per heavy atom. The van der Waals surface area contributed by atoms with Gasteiger partial charge in [-0.25, -0.2) is 0 Å². The van der Waals surface area contributed by atoms with Crippen molar-refractivity contribution in [3.05, 3.63) is 229 Å². The zero-order valence-electron chi connectivity index (χ0n) is 38.6. The molecule has 0 spiro atoms. The van der Waals surface area contributed by atoms with E-state index in [-0.39, 0.29) is 0 Å². The lowest BCUT2D eigenvalue weighted by atomic mass is 9.91. The second-order valence-corrected chi connectivity index (χ2v) is 24.4. The van der Waals surface area contributed by atoms with Gasteiger partial charge in [0.1, 0.15) is 46.4 Å². The lowest BCUT2D eigenvalue weighted by Gasteiger charge is -2.26. The molecule has 0 aromatic heterocycles. The van der Waals surface area contributed by atoms with Gasteiger partial charge in [0.2, 0.25) is 0 Å². The number of unbranched alkanes of at least 4 members (excludes halogenated alkanes) is 8. The van der Waals surface area contributed by atoms with Crippen LogP contribution in [0.15, 0.2) is 206 Å². The van der Waals surface area contributed by atoms with Gasteiger partial charge in [0.15, 0.2) is 0 Å². The summed E-state index contributed by atoms with van der Waals surface area (Å²) < 4.78 is 0. The molecule has 0 N–H and O–H groups in total. The van der Waals surface area contributed by atoms with E-state index < -0.39 is 14.5 Å². The Balaban J connectivity index is 1.31. The highest BCUT2D eigenvalue weighted by atomic mass is 31.2. The van der Waals surface area contributed by atoms with Crippen molar-refractivity contribution in [2.45, 2.75) is 90.9 Å². The summed E-state index contributed by atoms with van der Waals surface area (Å²) in [6, 6.07) is 73.2. The maximum absolute atomic E-state index is 2.60. The number of allylic oxidation sites excluding steroid dienone is 2. The zero-order chi connectivity index (χ0) is 44.1. The van der Waals surface area contributed by atoms with E-state index in [0.29, 0.717) is 0 Å². The van der Waals surface area contributed by atoms with Crippen LogP contribution in [0, 0.1) is 0 Å². The van der Waals surface area contributed by atoms with Crippen molar-refractivity contribution < 1.29 is 0 Å². The van der Waals surface area contributed by atoms with Crippen molar-refractivity contribution in [2.24, 2.45) is 0 Å². The van der Waals surface area contributed by atoms with Crippen LogP contribution >= 0.6 is 14.5 Å². The standard InChI is InChI=1S/C62H70P2/c1-3-5-7-9-17-33-53-51-56(36-32-50-64(60-43-25-14-26-44-60,61-45-27-15-28-46-61)62-47-29-16-30-48-62)54(34-18-10-8-6-4-2)52-55(53)35-31-49-63(57-37-19-11-20-38-57,58-39-21-12-22-40-58)59-41-23-13-24-42-59/h11-16,19-32,35-48,51-52H,3-10,17-18,33-34,49-50H2,1-2H3/q+2/b35-31-,36-32-. The Labute approximate surface area is 388 Å². The largest absolute Gasteiger partial charge is 0.115 e. The molecule has 64 heavy (non-hydrogen) atoms. The van der Waals surface area contributed by atoms with Crippen molar-refractivity contribution >= 4 is 58.5 Å². The highest BCUT2D eigenvalue weighted by Gasteiger charge is 2.45. The summed E-state index contributed by atoms with van der Waals surface area (Å²) in [4.78, 5) is 0. The number of hydrogen-bond donors (Lipinski definition) is 0. The molecule has 0 atom stereocenters. The monoisotopic (exact) mass is 876 g/mol. The van der Waals surface area contributed by atoms with E-state index in [4.69, 9.17) is 0 Å². The minimum Gasteiger partial charge on any atom is -0.0654 e. The predicted octanol–water partition coefficient (Wildman–Crippen LogP) is 14.7. The highest BCUT2D eigenvalue weighted by Crippen LogP contribution is 2.56. The van der Waals surface area contributed by atoms with Crippen molar-refractivity contribution in [3.63, 3.8) is 0 Å². The fraction of sp³-hybridized carbons (Fsp3) is 0.258. The summed E-state index contributed by atoms with van der Waals surface area (Å²) in [5.74, 6) is 0. The van der Waals surface area contributed by atoms with Gasteiger partial charge in [-0.3, -0.25) is 0 Å². The van der Waals surface area contributed by atoms with Crippen LogP contribution in [-0.4, -0.2) is 12.3 Å². The molecule has 326 valence electrons. The van der Waals surface area contributed by atoms with Gasteiger partial charge in [-0.05, 0) is 133 Å². The maximum Gasteiger partial charge on any atom is 0.115 e. The van der Waals surface area contributed by atoms with Gasteiger partial charge in [0.25, 0.3) is 0 Å². The molecule has 0 heterocycles. The molecule has 0 radical (unpaired) electrons. The van der Waals surface area contributed by atoms with Crippen LogP contribution < -0.4 is 31.8 Å². The van der Waals surface area contributed by atoms with Gasteiger partial charge >= 0.3 is 0 Å². The normalized spacial score (nSPS) is 12.0. The molecule has 0 amide bonds. The Kier molecular flexibility index (Phi) is 18.2. The summed E-state index contributed by atoms with van der Waals surface area (Å²) in [6.07, 6.45) is 27.0. The molecule has 0 aliphatic heterocycles. The summed E-state index contributed by atoms with van der Waals surface area (Å²) >= 11 is 0. The number of hydrogen-bond acceptors (Lipinski definition) is 0. The van der Waals surface area contributed by atoms with Crippen LogP contribution in [0.4, 0.5) is 0 Å². The third-order valence-electron chi connectivity index (χ3n) is 13.0. The van der Waals surface area contributed by atoms with Crippen molar-refractivity contribution in [1.29, 1.82) is 0 Å². The third kappa shape index (κ3) is 11.8.